The molecule has 0 aliphatic rings. The quantitative estimate of drug-likeness (QED) is 0.606. The van der Waals surface area contributed by atoms with Crippen LogP contribution in [0.2, 0.25) is 10.3 Å². The van der Waals surface area contributed by atoms with Gasteiger partial charge < -0.3 is 0 Å². The molecule has 2 heterocycles. The smallest absolute Gasteiger partial charge is 0.222 e. The summed E-state index contributed by atoms with van der Waals surface area (Å²) in [5.74, 6) is 0. The van der Waals surface area contributed by atoms with Crippen molar-refractivity contribution in [3.05, 3.63) is 46.1 Å². The zero-order valence-electron chi connectivity index (χ0n) is 8.52. The number of fused-ring (bicyclic) bond motifs is 1. The molecule has 3 aromatic rings. The van der Waals surface area contributed by atoms with E-state index in [4.69, 9.17) is 23.2 Å². The first kappa shape index (κ1) is 11.0. The van der Waals surface area contributed by atoms with Gasteiger partial charge in [0, 0.05) is 21.0 Å². The molecule has 2 aromatic heterocycles. The lowest BCUT2D eigenvalue weighted by atomic mass is 10.1. The van der Waals surface area contributed by atoms with Crippen molar-refractivity contribution in [1.29, 1.82) is 0 Å². The lowest BCUT2D eigenvalue weighted by Gasteiger charge is -2.01. The summed E-state index contributed by atoms with van der Waals surface area (Å²) >= 11 is 13.6. The Kier molecular flexibility index (Phi) is 2.74. The third-order valence-electron chi connectivity index (χ3n) is 2.45. The molecule has 0 saturated carbocycles. The van der Waals surface area contributed by atoms with E-state index in [1.165, 1.54) is 10.9 Å². The Morgan fingerprint density at radius 2 is 1.94 bits per heavy atom. The van der Waals surface area contributed by atoms with Gasteiger partial charge in [-0.3, -0.25) is 0 Å². The molecule has 0 bridgehead atoms. The van der Waals surface area contributed by atoms with Gasteiger partial charge in [-0.2, -0.15) is 0 Å². The molecule has 1 aromatic carbocycles. The molecule has 0 N–H and O–H groups in total. The van der Waals surface area contributed by atoms with Crippen LogP contribution in [0.25, 0.3) is 21.3 Å². The van der Waals surface area contributed by atoms with Crippen LogP contribution >= 0.6 is 34.5 Å². The first-order chi connectivity index (χ1) is 8.25. The zero-order valence-corrected chi connectivity index (χ0v) is 10.9. The summed E-state index contributed by atoms with van der Waals surface area (Å²) < 4.78 is 1.20. The maximum atomic E-state index is 6.11. The van der Waals surface area contributed by atoms with Crippen LogP contribution < -0.4 is 0 Å². The summed E-state index contributed by atoms with van der Waals surface area (Å²) in [6.07, 6.45) is 1.53. The van der Waals surface area contributed by atoms with Gasteiger partial charge in [0.25, 0.3) is 0 Å². The Hall–Kier alpha value is -1.16. The van der Waals surface area contributed by atoms with Crippen LogP contribution in [0.3, 0.4) is 0 Å². The van der Waals surface area contributed by atoms with E-state index in [1.807, 2.05) is 23.6 Å². The van der Waals surface area contributed by atoms with Crippen molar-refractivity contribution in [2.75, 3.05) is 0 Å². The van der Waals surface area contributed by atoms with E-state index in [-0.39, 0.29) is 5.28 Å². The van der Waals surface area contributed by atoms with Crippen molar-refractivity contribution in [3.63, 3.8) is 0 Å². The molecule has 2 nitrogen and oxygen atoms in total. The first-order valence-corrected chi connectivity index (χ1v) is 6.54. The number of nitrogens with zero attached hydrogens (tertiary/aromatic N) is 2. The Bertz CT molecular complexity index is 694. The molecule has 0 fully saturated rings. The normalized spacial score (nSPS) is 10.9. The average molecular weight is 281 g/mol. The standard InChI is InChI=1S/C12H6Cl2N2S/c13-9-5-15-12(14)16-11(9)8-6-17-10-4-2-1-3-7(8)10/h1-6H. The van der Waals surface area contributed by atoms with Crippen molar-refractivity contribution in [2.24, 2.45) is 0 Å². The van der Waals surface area contributed by atoms with E-state index in [2.05, 4.69) is 16.0 Å². The number of benzene rings is 1. The number of thiophene rings is 1. The molecule has 0 saturated heterocycles. The third kappa shape index (κ3) is 1.90. The van der Waals surface area contributed by atoms with Crippen LogP contribution in [0, 0.1) is 0 Å². The highest BCUT2D eigenvalue weighted by atomic mass is 35.5. The first-order valence-electron chi connectivity index (χ1n) is 4.90. The zero-order chi connectivity index (χ0) is 11.8. The number of halogens is 2. The molecule has 17 heavy (non-hydrogen) atoms. The highest BCUT2D eigenvalue weighted by Crippen LogP contribution is 2.36. The fourth-order valence-corrected chi connectivity index (χ4v) is 2.97. The molecule has 0 amide bonds. The van der Waals surface area contributed by atoms with Gasteiger partial charge in [-0.05, 0) is 17.7 Å². The number of hydrogen-bond acceptors (Lipinski definition) is 3. The molecule has 0 atom stereocenters. The lowest BCUT2D eigenvalue weighted by molar-refractivity contribution is 1.18. The summed E-state index contributed by atoms with van der Waals surface area (Å²) in [6, 6.07) is 8.13. The van der Waals surface area contributed by atoms with Crippen LogP contribution in [-0.2, 0) is 0 Å². The van der Waals surface area contributed by atoms with Crippen molar-refractivity contribution in [1.82, 2.24) is 9.97 Å². The van der Waals surface area contributed by atoms with Gasteiger partial charge in [-0.1, -0.05) is 29.8 Å². The molecule has 0 aliphatic heterocycles. The summed E-state index contributed by atoms with van der Waals surface area (Å²) in [5.41, 5.74) is 1.68. The second kappa shape index (κ2) is 4.26. The van der Waals surface area contributed by atoms with Crippen molar-refractivity contribution in [3.8, 4) is 11.3 Å². The van der Waals surface area contributed by atoms with Crippen LogP contribution in [0.15, 0.2) is 35.8 Å². The second-order valence-corrected chi connectivity index (χ2v) is 5.14. The van der Waals surface area contributed by atoms with E-state index >= 15 is 0 Å². The second-order valence-electron chi connectivity index (χ2n) is 3.48. The third-order valence-corrected chi connectivity index (χ3v) is 3.87. The van der Waals surface area contributed by atoms with E-state index in [9.17, 15) is 0 Å². The molecule has 5 heteroatoms. The molecule has 3 rings (SSSR count). The minimum absolute atomic E-state index is 0.208. The van der Waals surface area contributed by atoms with Crippen LogP contribution in [-0.4, -0.2) is 9.97 Å². The topological polar surface area (TPSA) is 25.8 Å². The van der Waals surface area contributed by atoms with E-state index in [1.54, 1.807) is 11.3 Å². The summed E-state index contributed by atoms with van der Waals surface area (Å²) in [7, 11) is 0. The van der Waals surface area contributed by atoms with Gasteiger partial charge in [0.15, 0.2) is 0 Å². The van der Waals surface area contributed by atoms with Gasteiger partial charge in [0.05, 0.1) is 16.9 Å². The molecule has 0 aliphatic carbocycles. The minimum atomic E-state index is 0.208. The highest BCUT2D eigenvalue weighted by Gasteiger charge is 2.11. The fraction of sp³-hybridized carbons (Fsp3) is 0. The molecule has 0 unspecified atom stereocenters. The lowest BCUT2D eigenvalue weighted by Crippen LogP contribution is -1.87. The van der Waals surface area contributed by atoms with E-state index in [0.29, 0.717) is 10.7 Å². The fourth-order valence-electron chi connectivity index (χ4n) is 1.70. The van der Waals surface area contributed by atoms with E-state index in [0.717, 1.165) is 10.9 Å². The number of aromatic nitrogens is 2. The van der Waals surface area contributed by atoms with Crippen molar-refractivity contribution >= 4 is 44.6 Å². The van der Waals surface area contributed by atoms with Crippen molar-refractivity contribution < 1.29 is 0 Å². The van der Waals surface area contributed by atoms with E-state index < -0.39 is 0 Å². The molecule has 0 radical (unpaired) electrons. The summed E-state index contributed by atoms with van der Waals surface area (Å²) in [6.45, 7) is 0. The van der Waals surface area contributed by atoms with Crippen LogP contribution in [0.5, 0.6) is 0 Å². The Labute approximate surface area is 112 Å². The summed E-state index contributed by atoms with van der Waals surface area (Å²) in [4.78, 5) is 8.05. The maximum absolute atomic E-state index is 6.11. The number of hydrogen-bond donors (Lipinski definition) is 0. The summed E-state index contributed by atoms with van der Waals surface area (Å²) in [5, 5.41) is 3.89. The Morgan fingerprint density at radius 3 is 2.82 bits per heavy atom. The van der Waals surface area contributed by atoms with Crippen LogP contribution in [0.4, 0.5) is 0 Å². The molecule has 0 spiro atoms. The molecular formula is C12H6Cl2N2S. The average Bonchev–Trinajstić information content (AvgIpc) is 2.76. The highest BCUT2D eigenvalue weighted by molar-refractivity contribution is 7.17. The van der Waals surface area contributed by atoms with Crippen molar-refractivity contribution in [2.45, 2.75) is 0 Å². The predicted molar refractivity (Wildman–Crippen MR) is 72.9 cm³/mol. The van der Waals surface area contributed by atoms with Gasteiger partial charge in [0.1, 0.15) is 0 Å². The van der Waals surface area contributed by atoms with Gasteiger partial charge in [-0.15, -0.1) is 11.3 Å². The van der Waals surface area contributed by atoms with Gasteiger partial charge in [-0.25, -0.2) is 9.97 Å². The number of rotatable bonds is 1. The van der Waals surface area contributed by atoms with Gasteiger partial charge in [0.2, 0.25) is 5.28 Å². The van der Waals surface area contributed by atoms with Crippen LogP contribution in [0.1, 0.15) is 0 Å². The monoisotopic (exact) mass is 280 g/mol. The van der Waals surface area contributed by atoms with Gasteiger partial charge >= 0.3 is 0 Å². The Morgan fingerprint density at radius 1 is 1.12 bits per heavy atom. The molecule has 84 valence electrons. The largest absolute Gasteiger partial charge is 0.225 e. The predicted octanol–water partition coefficient (Wildman–Crippen LogP) is 4.67. The SMILES string of the molecule is Clc1ncc(Cl)c(-c2csc3ccccc23)n1. The minimum Gasteiger partial charge on any atom is -0.225 e. The maximum Gasteiger partial charge on any atom is 0.222 e. The Balaban J connectivity index is 2.31. The molecular weight excluding hydrogens is 275 g/mol.